The molecule has 0 atom stereocenters. The van der Waals surface area contributed by atoms with Crippen LogP contribution in [0.1, 0.15) is 71.3 Å². The number of hydrogen-bond donors (Lipinski definition) is 0. The maximum Gasteiger partial charge on any atom is 0.227 e. The minimum absolute atomic E-state index is 0.294. The standard InChI is InChI=1S/C25H29N3O/c1-16-8-20(9-17(2)27-16)25-23-11-22-15-28(14-18-6-4-3-5-7-18)24(29)12-19(22)10-21(23)13-26-25/h8-11,18H,3-7,12-15H2,1-2H3. The molecule has 1 aliphatic carbocycles. The lowest BCUT2D eigenvalue weighted by atomic mass is 9.87. The van der Waals surface area contributed by atoms with Gasteiger partial charge in [0, 0.05) is 35.6 Å². The Kier molecular flexibility index (Phi) is 4.73. The molecule has 2 aromatic rings. The first-order valence-electron chi connectivity index (χ1n) is 11.0. The predicted molar refractivity (Wildman–Crippen MR) is 115 cm³/mol. The summed E-state index contributed by atoms with van der Waals surface area (Å²) in [6.07, 6.45) is 7.09. The molecule has 150 valence electrons. The van der Waals surface area contributed by atoms with Crippen LogP contribution < -0.4 is 0 Å². The smallest absolute Gasteiger partial charge is 0.227 e. The number of fused-ring (bicyclic) bond motifs is 2. The Bertz CT molecular complexity index is 981. The van der Waals surface area contributed by atoms with Crippen LogP contribution in [0.4, 0.5) is 0 Å². The summed E-state index contributed by atoms with van der Waals surface area (Å²) in [5.41, 5.74) is 9.27. The van der Waals surface area contributed by atoms with Gasteiger partial charge < -0.3 is 4.90 Å². The number of aliphatic imine (C=N–C) groups is 1. The fourth-order valence-corrected chi connectivity index (χ4v) is 5.29. The molecule has 3 aliphatic rings. The van der Waals surface area contributed by atoms with Crippen LogP contribution in [-0.4, -0.2) is 28.0 Å². The second-order valence-corrected chi connectivity index (χ2v) is 9.04. The number of carbonyl (C=O) groups excluding carboxylic acids is 1. The van der Waals surface area contributed by atoms with Crippen molar-refractivity contribution in [3.05, 3.63) is 63.5 Å². The molecule has 1 fully saturated rings. The first-order chi connectivity index (χ1) is 14.1. The van der Waals surface area contributed by atoms with Crippen LogP contribution >= 0.6 is 0 Å². The van der Waals surface area contributed by atoms with Crippen molar-refractivity contribution < 1.29 is 4.79 Å². The average Bonchev–Trinajstić information content (AvgIpc) is 3.10. The van der Waals surface area contributed by atoms with Crippen molar-refractivity contribution in [2.24, 2.45) is 10.9 Å². The zero-order chi connectivity index (χ0) is 20.0. The van der Waals surface area contributed by atoms with Crippen LogP contribution in [0.25, 0.3) is 0 Å². The van der Waals surface area contributed by atoms with Gasteiger partial charge in [0.15, 0.2) is 0 Å². The Balaban J connectivity index is 1.43. The molecule has 0 spiro atoms. The zero-order valence-electron chi connectivity index (χ0n) is 17.5. The number of hydrogen-bond acceptors (Lipinski definition) is 3. The summed E-state index contributed by atoms with van der Waals surface area (Å²) in [7, 11) is 0. The molecule has 3 heterocycles. The van der Waals surface area contributed by atoms with Gasteiger partial charge in [0.2, 0.25) is 5.91 Å². The summed E-state index contributed by atoms with van der Waals surface area (Å²) in [6, 6.07) is 8.79. The molecular formula is C25H29N3O. The molecule has 5 rings (SSSR count). The van der Waals surface area contributed by atoms with E-state index in [1.54, 1.807) is 0 Å². The number of rotatable bonds is 3. The molecular weight excluding hydrogens is 358 g/mol. The highest BCUT2D eigenvalue weighted by Gasteiger charge is 2.29. The minimum atomic E-state index is 0.294. The molecule has 1 amide bonds. The van der Waals surface area contributed by atoms with Gasteiger partial charge in [-0.25, -0.2) is 0 Å². The van der Waals surface area contributed by atoms with Crippen LogP contribution in [0.15, 0.2) is 29.3 Å². The Hall–Kier alpha value is -2.49. The maximum atomic E-state index is 12.8. The van der Waals surface area contributed by atoms with Gasteiger partial charge in [0.05, 0.1) is 18.7 Å². The van der Waals surface area contributed by atoms with Crippen LogP contribution in [-0.2, 0) is 24.3 Å². The molecule has 1 aromatic carbocycles. The van der Waals surface area contributed by atoms with E-state index in [4.69, 9.17) is 4.99 Å². The average molecular weight is 388 g/mol. The number of benzene rings is 1. The summed E-state index contributed by atoms with van der Waals surface area (Å²) >= 11 is 0. The van der Waals surface area contributed by atoms with E-state index in [-0.39, 0.29) is 0 Å². The fraction of sp³-hybridized carbons (Fsp3) is 0.480. The molecule has 0 bridgehead atoms. The van der Waals surface area contributed by atoms with E-state index in [1.807, 2.05) is 13.8 Å². The first kappa shape index (κ1) is 18.5. The number of aryl methyl sites for hydroxylation is 2. The summed E-state index contributed by atoms with van der Waals surface area (Å²) in [5, 5.41) is 0. The topological polar surface area (TPSA) is 45.6 Å². The van der Waals surface area contributed by atoms with Crippen LogP contribution in [0.5, 0.6) is 0 Å². The molecule has 0 unspecified atom stereocenters. The molecule has 0 radical (unpaired) electrons. The van der Waals surface area contributed by atoms with Gasteiger partial charge in [0.1, 0.15) is 0 Å². The zero-order valence-corrected chi connectivity index (χ0v) is 17.5. The van der Waals surface area contributed by atoms with E-state index < -0.39 is 0 Å². The normalized spacial score (nSPS) is 19.2. The number of nitrogens with zero attached hydrogens (tertiary/aromatic N) is 3. The van der Waals surface area contributed by atoms with Gasteiger partial charge in [0.25, 0.3) is 0 Å². The number of carbonyl (C=O) groups is 1. The minimum Gasteiger partial charge on any atom is -0.338 e. The lowest BCUT2D eigenvalue weighted by Gasteiger charge is -2.33. The maximum absolute atomic E-state index is 12.8. The number of aromatic nitrogens is 1. The summed E-state index contributed by atoms with van der Waals surface area (Å²) in [6.45, 7) is 6.46. The third-order valence-corrected chi connectivity index (χ3v) is 6.70. The third-order valence-electron chi connectivity index (χ3n) is 6.70. The second-order valence-electron chi connectivity index (χ2n) is 9.04. The summed E-state index contributed by atoms with van der Waals surface area (Å²) in [5.74, 6) is 0.978. The van der Waals surface area contributed by atoms with Crippen molar-refractivity contribution in [1.82, 2.24) is 9.88 Å². The molecule has 4 nitrogen and oxygen atoms in total. The summed E-state index contributed by atoms with van der Waals surface area (Å²) in [4.78, 5) is 24.2. The van der Waals surface area contributed by atoms with Gasteiger partial charge >= 0.3 is 0 Å². The molecule has 2 aliphatic heterocycles. The quantitative estimate of drug-likeness (QED) is 0.778. The lowest BCUT2D eigenvalue weighted by molar-refractivity contribution is -0.132. The SMILES string of the molecule is Cc1cc(C2=NCc3cc4c(cc32)CN(CC2CCCCC2)C(=O)C4)cc(C)n1. The molecule has 29 heavy (non-hydrogen) atoms. The Morgan fingerprint density at radius 3 is 2.48 bits per heavy atom. The molecule has 0 saturated heterocycles. The Labute approximate surface area is 173 Å². The predicted octanol–water partition coefficient (Wildman–Crippen LogP) is 4.51. The fourth-order valence-electron chi connectivity index (χ4n) is 5.29. The van der Waals surface area contributed by atoms with Gasteiger partial charge in [-0.05, 0) is 67.5 Å². The van der Waals surface area contributed by atoms with E-state index in [9.17, 15) is 4.79 Å². The molecule has 1 saturated carbocycles. The highest BCUT2D eigenvalue weighted by molar-refractivity contribution is 6.15. The number of pyridine rings is 1. The third kappa shape index (κ3) is 3.61. The van der Waals surface area contributed by atoms with Crippen molar-refractivity contribution in [3.8, 4) is 0 Å². The first-order valence-corrected chi connectivity index (χ1v) is 11.0. The van der Waals surface area contributed by atoms with E-state index >= 15 is 0 Å². The Morgan fingerprint density at radius 1 is 0.966 bits per heavy atom. The largest absolute Gasteiger partial charge is 0.338 e. The summed E-state index contributed by atoms with van der Waals surface area (Å²) < 4.78 is 0. The molecule has 1 aromatic heterocycles. The van der Waals surface area contributed by atoms with Crippen LogP contribution in [0.3, 0.4) is 0 Å². The van der Waals surface area contributed by atoms with E-state index in [0.717, 1.165) is 35.8 Å². The van der Waals surface area contributed by atoms with Gasteiger partial charge in [-0.15, -0.1) is 0 Å². The highest BCUT2D eigenvalue weighted by Crippen LogP contribution is 2.32. The van der Waals surface area contributed by atoms with Crippen LogP contribution in [0.2, 0.25) is 0 Å². The van der Waals surface area contributed by atoms with E-state index in [0.29, 0.717) is 24.8 Å². The van der Waals surface area contributed by atoms with Gasteiger partial charge in [-0.3, -0.25) is 14.8 Å². The van der Waals surface area contributed by atoms with Crippen molar-refractivity contribution >= 4 is 11.6 Å². The monoisotopic (exact) mass is 387 g/mol. The van der Waals surface area contributed by atoms with E-state index in [2.05, 4.69) is 34.1 Å². The van der Waals surface area contributed by atoms with Crippen molar-refractivity contribution in [2.75, 3.05) is 6.54 Å². The van der Waals surface area contributed by atoms with Crippen molar-refractivity contribution in [1.29, 1.82) is 0 Å². The van der Waals surface area contributed by atoms with Crippen molar-refractivity contribution in [3.63, 3.8) is 0 Å². The highest BCUT2D eigenvalue weighted by atomic mass is 16.2. The molecule has 4 heteroatoms. The lowest BCUT2D eigenvalue weighted by Crippen LogP contribution is -2.40. The Morgan fingerprint density at radius 2 is 1.72 bits per heavy atom. The molecule has 0 N–H and O–H groups in total. The van der Waals surface area contributed by atoms with Gasteiger partial charge in [-0.2, -0.15) is 0 Å². The van der Waals surface area contributed by atoms with Gasteiger partial charge in [-0.1, -0.05) is 25.3 Å². The second kappa shape index (κ2) is 7.40. The van der Waals surface area contributed by atoms with E-state index in [1.165, 1.54) is 54.4 Å². The number of amides is 1. The van der Waals surface area contributed by atoms with Crippen LogP contribution in [0, 0.1) is 19.8 Å². The van der Waals surface area contributed by atoms with Crippen molar-refractivity contribution in [2.45, 2.75) is 65.5 Å².